The third-order valence-electron chi connectivity index (χ3n) is 4.35. The lowest BCUT2D eigenvalue weighted by molar-refractivity contribution is 0.261. The van der Waals surface area contributed by atoms with Gasteiger partial charge in [0.05, 0.1) is 0 Å². The van der Waals surface area contributed by atoms with Crippen LogP contribution in [-0.4, -0.2) is 50.8 Å². The third kappa shape index (κ3) is 7.23. The van der Waals surface area contributed by atoms with E-state index in [-0.39, 0.29) is 0 Å². The zero-order chi connectivity index (χ0) is 16.5. The largest absolute Gasteiger partial charge is 0.492 e. The van der Waals surface area contributed by atoms with Gasteiger partial charge in [-0.3, -0.25) is 0 Å². The van der Waals surface area contributed by atoms with Crippen molar-refractivity contribution in [2.75, 3.05) is 39.1 Å². The van der Waals surface area contributed by atoms with E-state index in [1.807, 2.05) is 6.07 Å². The molecular weight excluding hydrogens is 286 g/mol. The highest BCUT2D eigenvalue weighted by atomic mass is 16.5. The fourth-order valence-electron chi connectivity index (χ4n) is 3.09. The maximum atomic E-state index is 5.81. The molecule has 2 N–H and O–H groups in total. The molecule has 0 spiro atoms. The summed E-state index contributed by atoms with van der Waals surface area (Å²) in [5, 5.41) is 7.30. The molecule has 2 atom stereocenters. The summed E-state index contributed by atoms with van der Waals surface area (Å²) in [5.41, 5.74) is 1.15. The van der Waals surface area contributed by atoms with E-state index in [0.717, 1.165) is 24.6 Å². The number of nitrogens with one attached hydrogen (secondary N) is 2. The second kappa shape index (κ2) is 9.78. The maximum absolute atomic E-state index is 5.81. The minimum atomic E-state index is 0.461. The molecular formula is C19H33N3O. The number of hydrogen-bond acceptors (Lipinski definition) is 4. The molecule has 1 aliphatic heterocycles. The summed E-state index contributed by atoms with van der Waals surface area (Å²) in [6.45, 7) is 5.10. The van der Waals surface area contributed by atoms with E-state index in [0.29, 0.717) is 12.1 Å². The monoisotopic (exact) mass is 319 g/mol. The van der Waals surface area contributed by atoms with Gasteiger partial charge in [-0.2, -0.15) is 0 Å². The Balaban J connectivity index is 1.79. The van der Waals surface area contributed by atoms with Gasteiger partial charge in [0, 0.05) is 30.4 Å². The molecule has 0 aromatic heterocycles. The molecule has 4 heteroatoms. The van der Waals surface area contributed by atoms with Crippen LogP contribution in [0.15, 0.2) is 24.3 Å². The van der Waals surface area contributed by atoms with Crippen LogP contribution in [0.2, 0.25) is 0 Å². The second-order valence-electron chi connectivity index (χ2n) is 6.96. The lowest BCUT2D eigenvalue weighted by Crippen LogP contribution is -2.33. The van der Waals surface area contributed by atoms with Gasteiger partial charge < -0.3 is 20.3 Å². The average Bonchev–Trinajstić information content (AvgIpc) is 2.76. The first kappa shape index (κ1) is 18.1. The van der Waals surface area contributed by atoms with E-state index >= 15 is 0 Å². The van der Waals surface area contributed by atoms with Crippen molar-refractivity contribution in [3.8, 4) is 5.75 Å². The van der Waals surface area contributed by atoms with Crippen LogP contribution in [0, 0.1) is 0 Å². The molecule has 130 valence electrons. The number of rotatable bonds is 8. The predicted octanol–water partition coefficient (Wildman–Crippen LogP) is 3.35. The molecule has 0 bridgehead atoms. The van der Waals surface area contributed by atoms with Crippen LogP contribution in [0.25, 0.3) is 0 Å². The highest BCUT2D eigenvalue weighted by Crippen LogP contribution is 2.20. The van der Waals surface area contributed by atoms with Crippen molar-refractivity contribution in [1.82, 2.24) is 10.2 Å². The van der Waals surface area contributed by atoms with Crippen molar-refractivity contribution in [2.45, 2.75) is 51.1 Å². The molecule has 0 aliphatic carbocycles. The van der Waals surface area contributed by atoms with Gasteiger partial charge in [-0.15, -0.1) is 0 Å². The van der Waals surface area contributed by atoms with Gasteiger partial charge in [0.25, 0.3) is 0 Å². The van der Waals surface area contributed by atoms with Crippen LogP contribution in [0.4, 0.5) is 5.69 Å². The van der Waals surface area contributed by atoms with Gasteiger partial charge in [-0.1, -0.05) is 18.9 Å². The van der Waals surface area contributed by atoms with Gasteiger partial charge >= 0.3 is 0 Å². The van der Waals surface area contributed by atoms with Crippen LogP contribution >= 0.6 is 0 Å². The van der Waals surface area contributed by atoms with E-state index in [9.17, 15) is 0 Å². The minimum Gasteiger partial charge on any atom is -0.492 e. The van der Waals surface area contributed by atoms with Crippen LogP contribution in [0.1, 0.15) is 39.0 Å². The Labute approximate surface area is 141 Å². The number of ether oxygens (including phenoxy) is 1. The standard InChI is InChI=1S/C19H33N3O/c1-16(14-17-8-5-4-6-11-20-17)21-18-9-7-10-19(15-18)23-13-12-22(2)3/h7,9-10,15-17,20-21H,4-6,8,11-14H2,1-3H3. The van der Waals surface area contributed by atoms with Crippen molar-refractivity contribution in [2.24, 2.45) is 0 Å². The first-order valence-electron chi connectivity index (χ1n) is 9.01. The van der Waals surface area contributed by atoms with Crippen LogP contribution < -0.4 is 15.4 Å². The topological polar surface area (TPSA) is 36.5 Å². The Morgan fingerprint density at radius 3 is 3.00 bits per heavy atom. The SMILES string of the molecule is CC(CC1CCCCCN1)Nc1cccc(OCCN(C)C)c1. The molecule has 0 amide bonds. The molecule has 2 rings (SSSR count). The number of anilines is 1. The molecule has 23 heavy (non-hydrogen) atoms. The Bertz CT molecular complexity index is 442. The van der Waals surface area contributed by atoms with Crippen molar-refractivity contribution in [3.63, 3.8) is 0 Å². The number of hydrogen-bond donors (Lipinski definition) is 2. The van der Waals surface area contributed by atoms with Gasteiger partial charge in [0.2, 0.25) is 0 Å². The molecule has 1 saturated heterocycles. The molecule has 1 heterocycles. The summed E-state index contributed by atoms with van der Waals surface area (Å²) in [7, 11) is 4.12. The highest BCUT2D eigenvalue weighted by Gasteiger charge is 2.14. The maximum Gasteiger partial charge on any atom is 0.121 e. The first-order chi connectivity index (χ1) is 11.1. The fourth-order valence-corrected chi connectivity index (χ4v) is 3.09. The molecule has 0 saturated carbocycles. The summed E-state index contributed by atoms with van der Waals surface area (Å²) >= 11 is 0. The smallest absolute Gasteiger partial charge is 0.121 e. The molecule has 1 fully saturated rings. The Kier molecular flexibility index (Phi) is 7.69. The summed E-state index contributed by atoms with van der Waals surface area (Å²) in [5.74, 6) is 0.941. The second-order valence-corrected chi connectivity index (χ2v) is 6.96. The lowest BCUT2D eigenvalue weighted by atomic mass is 10.0. The van der Waals surface area contributed by atoms with Gasteiger partial charge in [-0.05, 0) is 59.0 Å². The third-order valence-corrected chi connectivity index (χ3v) is 4.35. The number of likely N-dealkylation sites (N-methyl/N-ethyl adjacent to an activating group) is 1. The molecule has 1 aromatic carbocycles. The summed E-state index contributed by atoms with van der Waals surface area (Å²) in [6, 6.07) is 9.42. The molecule has 1 aromatic rings. The van der Waals surface area contributed by atoms with E-state index in [2.05, 4.69) is 54.8 Å². The van der Waals surface area contributed by atoms with Crippen molar-refractivity contribution < 1.29 is 4.74 Å². The van der Waals surface area contributed by atoms with Crippen LogP contribution in [0.3, 0.4) is 0 Å². The zero-order valence-corrected chi connectivity index (χ0v) is 15.0. The molecule has 0 radical (unpaired) electrons. The number of nitrogens with zero attached hydrogens (tertiary/aromatic N) is 1. The van der Waals surface area contributed by atoms with Crippen LogP contribution in [0.5, 0.6) is 5.75 Å². The normalized spacial score (nSPS) is 20.1. The van der Waals surface area contributed by atoms with E-state index in [1.54, 1.807) is 0 Å². The van der Waals surface area contributed by atoms with Gasteiger partial charge in [0.1, 0.15) is 12.4 Å². The molecule has 2 unspecified atom stereocenters. The highest BCUT2D eigenvalue weighted by molar-refractivity contribution is 5.48. The predicted molar refractivity (Wildman–Crippen MR) is 98.5 cm³/mol. The lowest BCUT2D eigenvalue weighted by Gasteiger charge is -2.22. The fraction of sp³-hybridized carbons (Fsp3) is 0.684. The van der Waals surface area contributed by atoms with E-state index in [1.165, 1.54) is 38.6 Å². The average molecular weight is 319 g/mol. The van der Waals surface area contributed by atoms with Crippen molar-refractivity contribution in [3.05, 3.63) is 24.3 Å². The minimum absolute atomic E-state index is 0.461. The number of benzene rings is 1. The van der Waals surface area contributed by atoms with Crippen LogP contribution in [-0.2, 0) is 0 Å². The Hall–Kier alpha value is -1.26. The quantitative estimate of drug-likeness (QED) is 0.770. The summed E-state index contributed by atoms with van der Waals surface area (Å²) < 4.78 is 5.81. The summed E-state index contributed by atoms with van der Waals surface area (Å²) in [6.07, 6.45) is 6.54. The summed E-state index contributed by atoms with van der Waals surface area (Å²) in [4.78, 5) is 2.13. The van der Waals surface area contributed by atoms with Crippen molar-refractivity contribution >= 4 is 5.69 Å². The first-order valence-corrected chi connectivity index (χ1v) is 9.01. The van der Waals surface area contributed by atoms with Crippen molar-refractivity contribution in [1.29, 1.82) is 0 Å². The zero-order valence-electron chi connectivity index (χ0n) is 15.0. The molecule has 4 nitrogen and oxygen atoms in total. The van der Waals surface area contributed by atoms with Gasteiger partial charge in [0.15, 0.2) is 0 Å². The Morgan fingerprint density at radius 1 is 1.30 bits per heavy atom. The molecule has 1 aliphatic rings. The van der Waals surface area contributed by atoms with Gasteiger partial charge in [-0.25, -0.2) is 0 Å². The van der Waals surface area contributed by atoms with E-state index < -0.39 is 0 Å². The Morgan fingerprint density at radius 2 is 2.17 bits per heavy atom. The van der Waals surface area contributed by atoms with E-state index in [4.69, 9.17) is 4.74 Å².